The molecule has 2 fully saturated rings. The molecule has 0 radical (unpaired) electrons. The van der Waals surface area contributed by atoms with Crippen LogP contribution in [0.3, 0.4) is 0 Å². The molecule has 3 rings (SSSR count). The van der Waals surface area contributed by atoms with Crippen molar-refractivity contribution >= 4 is 15.9 Å². The second-order valence-electron chi connectivity index (χ2n) is 7.39. The number of halogens is 4. The first-order valence-corrected chi connectivity index (χ1v) is 9.10. The molecule has 0 aromatic heterocycles. The van der Waals surface area contributed by atoms with Crippen LogP contribution in [-0.2, 0) is 22.3 Å². The minimum absolute atomic E-state index is 0.0454. The van der Waals surface area contributed by atoms with Crippen molar-refractivity contribution in [2.75, 3.05) is 0 Å². The fraction of sp³-hybridized carbons (Fsp3) is 0.667. The Morgan fingerprint density at radius 2 is 1.88 bits per heavy atom. The molecule has 0 N–H and O–H groups in total. The van der Waals surface area contributed by atoms with Gasteiger partial charge in [0.15, 0.2) is 0 Å². The number of ether oxygens (including phenoxy) is 2. The van der Waals surface area contributed by atoms with Crippen molar-refractivity contribution in [2.45, 2.75) is 68.5 Å². The van der Waals surface area contributed by atoms with Crippen LogP contribution in [0.25, 0.3) is 0 Å². The number of rotatable bonds is 4. The number of hydrogen-bond acceptors (Lipinski definition) is 2. The molecule has 2 bridgehead atoms. The maximum absolute atomic E-state index is 12.6. The molecular formula is C18H22BrF3O2. The summed E-state index contributed by atoms with van der Waals surface area (Å²) in [5.74, 6) is 0.364. The van der Waals surface area contributed by atoms with Crippen LogP contribution < -0.4 is 0 Å². The molecule has 1 aromatic rings. The summed E-state index contributed by atoms with van der Waals surface area (Å²) >= 11 is 3.75. The zero-order valence-electron chi connectivity index (χ0n) is 14.0. The van der Waals surface area contributed by atoms with E-state index in [1.54, 1.807) is 0 Å². The van der Waals surface area contributed by atoms with Crippen LogP contribution in [-0.4, -0.2) is 22.1 Å². The van der Waals surface area contributed by atoms with E-state index < -0.39 is 11.7 Å². The summed E-state index contributed by atoms with van der Waals surface area (Å²) in [5, 5.41) is 0. The fourth-order valence-electron chi connectivity index (χ4n) is 3.88. The first kappa shape index (κ1) is 18.2. The molecule has 0 unspecified atom stereocenters. The SMILES string of the molecule is CC(C)[C@]12C[C@@H](OCc3ccc(C(F)(F)F)cc3)[C@](C)(C[C@@H]1Br)O2. The van der Waals surface area contributed by atoms with E-state index in [1.807, 2.05) is 0 Å². The Balaban J connectivity index is 1.66. The summed E-state index contributed by atoms with van der Waals surface area (Å²) in [6.07, 6.45) is -2.67. The summed E-state index contributed by atoms with van der Waals surface area (Å²) in [6, 6.07) is 5.15. The van der Waals surface area contributed by atoms with Crippen molar-refractivity contribution in [3.63, 3.8) is 0 Å². The van der Waals surface area contributed by atoms with Crippen LogP contribution in [0.15, 0.2) is 24.3 Å². The van der Waals surface area contributed by atoms with Crippen molar-refractivity contribution < 1.29 is 22.6 Å². The topological polar surface area (TPSA) is 18.5 Å². The molecule has 1 aromatic carbocycles. The number of benzene rings is 1. The summed E-state index contributed by atoms with van der Waals surface area (Å²) in [4.78, 5) is 0.306. The van der Waals surface area contributed by atoms with Gasteiger partial charge in [-0.2, -0.15) is 13.2 Å². The first-order chi connectivity index (χ1) is 11.1. The fourth-order valence-corrected chi connectivity index (χ4v) is 5.33. The van der Waals surface area contributed by atoms with Crippen molar-refractivity contribution in [3.05, 3.63) is 35.4 Å². The summed E-state index contributed by atoms with van der Waals surface area (Å²) in [6.45, 7) is 6.66. The Bertz CT molecular complexity index is 601. The molecule has 2 saturated heterocycles. The third-order valence-corrected chi connectivity index (χ3v) is 6.53. The van der Waals surface area contributed by atoms with Gasteiger partial charge in [0, 0.05) is 11.2 Å². The third kappa shape index (κ3) is 3.01. The van der Waals surface area contributed by atoms with Gasteiger partial charge in [-0.05, 0) is 37.0 Å². The minimum atomic E-state index is -4.31. The molecule has 0 amide bonds. The Kier molecular flexibility index (Phi) is 4.54. The monoisotopic (exact) mass is 406 g/mol. The Morgan fingerprint density at radius 3 is 2.38 bits per heavy atom. The van der Waals surface area contributed by atoms with Gasteiger partial charge >= 0.3 is 6.18 Å². The van der Waals surface area contributed by atoms with Crippen LogP contribution in [0.5, 0.6) is 0 Å². The van der Waals surface area contributed by atoms with Gasteiger partial charge in [-0.3, -0.25) is 0 Å². The molecule has 134 valence electrons. The van der Waals surface area contributed by atoms with Crippen LogP contribution in [0.2, 0.25) is 0 Å². The average Bonchev–Trinajstić information content (AvgIpc) is 2.92. The molecule has 2 aliphatic heterocycles. The number of alkyl halides is 4. The van der Waals surface area contributed by atoms with Gasteiger partial charge in [-0.1, -0.05) is 41.9 Å². The highest BCUT2D eigenvalue weighted by Gasteiger charge is 2.65. The summed E-state index contributed by atoms with van der Waals surface area (Å²) < 4.78 is 50.2. The van der Waals surface area contributed by atoms with E-state index in [-0.39, 0.29) is 17.3 Å². The molecule has 2 nitrogen and oxygen atoms in total. The van der Waals surface area contributed by atoms with E-state index in [2.05, 4.69) is 36.7 Å². The largest absolute Gasteiger partial charge is 0.416 e. The highest BCUT2D eigenvalue weighted by Crippen LogP contribution is 2.57. The van der Waals surface area contributed by atoms with Gasteiger partial charge in [0.1, 0.15) is 0 Å². The quantitative estimate of drug-likeness (QED) is 0.628. The molecule has 0 spiro atoms. The van der Waals surface area contributed by atoms with Gasteiger partial charge in [-0.25, -0.2) is 0 Å². The first-order valence-electron chi connectivity index (χ1n) is 8.19. The van der Waals surface area contributed by atoms with E-state index in [4.69, 9.17) is 9.47 Å². The zero-order valence-corrected chi connectivity index (χ0v) is 15.6. The number of hydrogen-bond donors (Lipinski definition) is 0. The van der Waals surface area contributed by atoms with Crippen molar-refractivity contribution in [1.29, 1.82) is 0 Å². The van der Waals surface area contributed by atoms with E-state index in [1.165, 1.54) is 12.1 Å². The second kappa shape index (κ2) is 5.99. The van der Waals surface area contributed by atoms with Gasteiger partial charge in [0.25, 0.3) is 0 Å². The van der Waals surface area contributed by atoms with E-state index in [9.17, 15) is 13.2 Å². The lowest BCUT2D eigenvalue weighted by Crippen LogP contribution is -2.44. The standard InChI is InChI=1S/C18H22BrF3O2/c1-11(2)17-9-15(16(3,24-17)8-14(17)19)23-10-12-4-6-13(7-5-12)18(20,21)22/h4-7,11,14-15H,8-10H2,1-3H3/t14-,15+,16-,17+/m0/s1. The van der Waals surface area contributed by atoms with Crippen LogP contribution in [0, 0.1) is 5.92 Å². The molecule has 6 heteroatoms. The minimum Gasteiger partial charge on any atom is -0.370 e. The second-order valence-corrected chi connectivity index (χ2v) is 8.50. The predicted octanol–water partition coefficient (Wildman–Crippen LogP) is 5.33. The molecule has 0 saturated carbocycles. The van der Waals surface area contributed by atoms with E-state index in [0.717, 1.165) is 30.5 Å². The lowest BCUT2D eigenvalue weighted by Gasteiger charge is -2.35. The normalized spacial score (nSPS) is 35.8. The van der Waals surface area contributed by atoms with Gasteiger partial charge in [0.05, 0.1) is 29.5 Å². The maximum Gasteiger partial charge on any atom is 0.416 e. The smallest absolute Gasteiger partial charge is 0.370 e. The molecule has 0 aliphatic carbocycles. The van der Waals surface area contributed by atoms with E-state index in [0.29, 0.717) is 17.4 Å². The highest BCUT2D eigenvalue weighted by molar-refractivity contribution is 9.09. The molecular weight excluding hydrogens is 385 g/mol. The third-order valence-electron chi connectivity index (χ3n) is 5.43. The average molecular weight is 407 g/mol. The van der Waals surface area contributed by atoms with E-state index >= 15 is 0 Å². The van der Waals surface area contributed by atoms with Gasteiger partial charge < -0.3 is 9.47 Å². The van der Waals surface area contributed by atoms with Crippen LogP contribution >= 0.6 is 15.9 Å². The Labute approximate surface area is 148 Å². The van der Waals surface area contributed by atoms with Crippen molar-refractivity contribution in [2.24, 2.45) is 5.92 Å². The Morgan fingerprint density at radius 1 is 1.25 bits per heavy atom. The van der Waals surface area contributed by atoms with Gasteiger partial charge in [0.2, 0.25) is 0 Å². The van der Waals surface area contributed by atoms with Crippen molar-refractivity contribution in [1.82, 2.24) is 0 Å². The lowest BCUT2D eigenvalue weighted by atomic mass is 9.75. The molecule has 24 heavy (non-hydrogen) atoms. The van der Waals surface area contributed by atoms with Gasteiger partial charge in [-0.15, -0.1) is 0 Å². The van der Waals surface area contributed by atoms with Crippen LogP contribution in [0.1, 0.15) is 44.7 Å². The predicted molar refractivity (Wildman–Crippen MR) is 89.0 cm³/mol. The maximum atomic E-state index is 12.6. The lowest BCUT2D eigenvalue weighted by molar-refractivity contribution is -0.137. The highest BCUT2D eigenvalue weighted by atomic mass is 79.9. The Hall–Kier alpha value is -0.590. The van der Waals surface area contributed by atoms with Crippen molar-refractivity contribution in [3.8, 4) is 0 Å². The summed E-state index contributed by atoms with van der Waals surface area (Å²) in [7, 11) is 0. The zero-order chi connectivity index (χ0) is 17.8. The summed E-state index contributed by atoms with van der Waals surface area (Å²) in [5.41, 5.74) is -0.463. The molecule has 2 heterocycles. The number of fused-ring (bicyclic) bond motifs is 2. The molecule has 4 atom stereocenters. The van der Waals surface area contributed by atoms with Crippen LogP contribution in [0.4, 0.5) is 13.2 Å². The molecule has 2 aliphatic rings.